The Morgan fingerprint density at radius 1 is 1.33 bits per heavy atom. The fraction of sp³-hybridized carbons (Fsp3) is 0.300. The minimum Gasteiger partial charge on any atom is -0.616 e. The summed E-state index contributed by atoms with van der Waals surface area (Å²) in [5.74, 6) is 0.473. The summed E-state index contributed by atoms with van der Waals surface area (Å²) in [6.45, 7) is 0. The summed E-state index contributed by atoms with van der Waals surface area (Å²) in [6, 6.07) is 5.01. The molecule has 1 radical (unpaired) electrons. The Bertz CT molecular complexity index is 364. The SMILES string of the molecule is [O-][S+]1C[CH]C1c1cccc(C(F)(F)F)c1. The Morgan fingerprint density at radius 3 is 2.53 bits per heavy atom. The third-order valence-corrected chi connectivity index (χ3v) is 3.85. The Hall–Kier alpha value is -0.680. The van der Waals surface area contributed by atoms with Crippen LogP contribution in [0.5, 0.6) is 0 Å². The van der Waals surface area contributed by atoms with E-state index >= 15 is 0 Å². The van der Waals surface area contributed by atoms with Gasteiger partial charge in [-0.15, -0.1) is 0 Å². The molecule has 1 saturated heterocycles. The second-order valence-corrected chi connectivity index (χ2v) is 4.93. The van der Waals surface area contributed by atoms with Gasteiger partial charge in [0.2, 0.25) is 0 Å². The average Bonchev–Trinajstić information content (AvgIpc) is 2.15. The normalized spacial score (nSPS) is 26.1. The molecule has 1 fully saturated rings. The zero-order valence-corrected chi connectivity index (χ0v) is 8.44. The highest BCUT2D eigenvalue weighted by atomic mass is 32.2. The molecule has 0 aliphatic carbocycles. The van der Waals surface area contributed by atoms with Crippen molar-refractivity contribution in [3.05, 3.63) is 41.8 Å². The Balaban J connectivity index is 2.27. The van der Waals surface area contributed by atoms with Gasteiger partial charge in [-0.2, -0.15) is 13.2 Å². The molecule has 2 unspecified atom stereocenters. The van der Waals surface area contributed by atoms with Gasteiger partial charge in [-0.05, 0) is 23.3 Å². The van der Waals surface area contributed by atoms with Gasteiger partial charge in [0.15, 0.2) is 0 Å². The molecule has 0 bridgehead atoms. The zero-order valence-electron chi connectivity index (χ0n) is 7.62. The van der Waals surface area contributed by atoms with Crippen molar-refractivity contribution in [3.63, 3.8) is 0 Å². The first-order valence-corrected chi connectivity index (χ1v) is 5.74. The van der Waals surface area contributed by atoms with Gasteiger partial charge in [0.1, 0.15) is 11.0 Å². The number of benzene rings is 1. The molecule has 0 saturated carbocycles. The van der Waals surface area contributed by atoms with E-state index in [9.17, 15) is 17.7 Å². The van der Waals surface area contributed by atoms with Gasteiger partial charge in [0, 0.05) is 5.56 Å². The highest BCUT2D eigenvalue weighted by Gasteiger charge is 2.37. The first-order valence-electron chi connectivity index (χ1n) is 4.36. The molecule has 1 aliphatic rings. The fourth-order valence-corrected chi connectivity index (χ4v) is 2.44. The first kappa shape index (κ1) is 10.8. The largest absolute Gasteiger partial charge is 0.616 e. The van der Waals surface area contributed by atoms with Crippen molar-refractivity contribution in [1.29, 1.82) is 0 Å². The molecule has 1 aromatic rings. The van der Waals surface area contributed by atoms with E-state index in [0.29, 0.717) is 11.3 Å². The molecule has 5 heteroatoms. The van der Waals surface area contributed by atoms with Gasteiger partial charge in [0.05, 0.1) is 12.0 Å². The summed E-state index contributed by atoms with van der Waals surface area (Å²) >= 11 is -1.04. The molecule has 0 aromatic heterocycles. The van der Waals surface area contributed by atoms with Crippen molar-refractivity contribution in [3.8, 4) is 0 Å². The molecule has 1 nitrogen and oxygen atoms in total. The smallest absolute Gasteiger partial charge is 0.416 e. The van der Waals surface area contributed by atoms with E-state index in [0.717, 1.165) is 12.1 Å². The second-order valence-electron chi connectivity index (χ2n) is 3.33. The lowest BCUT2D eigenvalue weighted by atomic mass is 10.1. The standard InChI is InChI=1S/C10H8F3OS/c11-10(12,13)8-3-1-2-7(6-8)9-4-5-15(9)14/h1-4,6,9H,5H2. The number of alkyl halides is 3. The van der Waals surface area contributed by atoms with E-state index in [2.05, 4.69) is 0 Å². The van der Waals surface area contributed by atoms with Crippen LogP contribution >= 0.6 is 0 Å². The topological polar surface area (TPSA) is 23.1 Å². The minimum atomic E-state index is -4.33. The fourth-order valence-electron chi connectivity index (χ4n) is 1.45. The molecular weight excluding hydrogens is 225 g/mol. The molecule has 1 aliphatic heterocycles. The molecule has 2 atom stereocenters. The molecule has 15 heavy (non-hydrogen) atoms. The molecule has 0 spiro atoms. The van der Waals surface area contributed by atoms with Crippen molar-refractivity contribution in [1.82, 2.24) is 0 Å². The quantitative estimate of drug-likeness (QED) is 0.684. The lowest BCUT2D eigenvalue weighted by molar-refractivity contribution is -0.137. The zero-order chi connectivity index (χ0) is 11.1. The Morgan fingerprint density at radius 2 is 2.07 bits per heavy atom. The van der Waals surface area contributed by atoms with Crippen molar-refractivity contribution in [2.45, 2.75) is 11.4 Å². The van der Waals surface area contributed by atoms with Crippen molar-refractivity contribution < 1.29 is 17.7 Å². The third kappa shape index (κ3) is 2.13. The van der Waals surface area contributed by atoms with Crippen LogP contribution in [-0.4, -0.2) is 10.3 Å². The predicted octanol–water partition coefficient (Wildman–Crippen LogP) is 2.71. The number of hydrogen-bond acceptors (Lipinski definition) is 1. The van der Waals surface area contributed by atoms with E-state index in [1.165, 1.54) is 6.07 Å². The van der Waals surface area contributed by atoms with Crippen LogP contribution in [-0.2, 0) is 17.4 Å². The molecule has 0 amide bonds. The van der Waals surface area contributed by atoms with E-state index in [1.54, 1.807) is 12.5 Å². The summed E-state index contributed by atoms with van der Waals surface area (Å²) < 4.78 is 48.3. The van der Waals surface area contributed by atoms with Gasteiger partial charge in [-0.3, -0.25) is 0 Å². The molecule has 1 heterocycles. The van der Waals surface area contributed by atoms with Gasteiger partial charge < -0.3 is 4.55 Å². The minimum absolute atomic E-state index is 0.327. The summed E-state index contributed by atoms with van der Waals surface area (Å²) in [7, 11) is 0. The second kappa shape index (κ2) is 3.72. The van der Waals surface area contributed by atoms with Crippen LogP contribution in [0.25, 0.3) is 0 Å². The number of rotatable bonds is 1. The summed E-state index contributed by atoms with van der Waals surface area (Å²) in [5, 5.41) is -0.327. The third-order valence-electron chi connectivity index (χ3n) is 2.30. The monoisotopic (exact) mass is 233 g/mol. The summed E-state index contributed by atoms with van der Waals surface area (Å²) in [6.07, 6.45) is -2.56. The van der Waals surface area contributed by atoms with E-state index in [1.807, 2.05) is 0 Å². The van der Waals surface area contributed by atoms with Crippen LogP contribution in [0.4, 0.5) is 13.2 Å². The molecule has 81 valence electrons. The maximum atomic E-state index is 12.4. The van der Waals surface area contributed by atoms with Gasteiger partial charge in [0.25, 0.3) is 0 Å². The van der Waals surface area contributed by atoms with Crippen molar-refractivity contribution in [2.24, 2.45) is 0 Å². The lowest BCUT2D eigenvalue weighted by Gasteiger charge is -2.29. The molecule has 2 rings (SSSR count). The van der Waals surface area contributed by atoms with Gasteiger partial charge in [-0.1, -0.05) is 12.1 Å². The van der Waals surface area contributed by atoms with E-state index in [-0.39, 0.29) is 5.25 Å². The summed E-state index contributed by atoms with van der Waals surface area (Å²) in [4.78, 5) is 0. The van der Waals surface area contributed by atoms with E-state index in [4.69, 9.17) is 0 Å². The van der Waals surface area contributed by atoms with E-state index < -0.39 is 22.9 Å². The molecular formula is C10H8F3OS. The maximum Gasteiger partial charge on any atom is 0.416 e. The maximum absolute atomic E-state index is 12.4. The average molecular weight is 233 g/mol. The van der Waals surface area contributed by atoms with Crippen LogP contribution < -0.4 is 0 Å². The van der Waals surface area contributed by atoms with Gasteiger partial charge in [-0.25, -0.2) is 0 Å². The highest BCUT2D eigenvalue weighted by Crippen LogP contribution is 2.38. The van der Waals surface area contributed by atoms with Crippen LogP contribution in [0.2, 0.25) is 0 Å². The van der Waals surface area contributed by atoms with Crippen LogP contribution in [0.1, 0.15) is 16.4 Å². The van der Waals surface area contributed by atoms with Crippen LogP contribution in [0, 0.1) is 6.42 Å². The summed E-state index contributed by atoms with van der Waals surface area (Å²) in [5.41, 5.74) is -0.202. The lowest BCUT2D eigenvalue weighted by Crippen LogP contribution is -2.30. The predicted molar refractivity (Wildman–Crippen MR) is 51.5 cm³/mol. The Kier molecular flexibility index (Phi) is 2.68. The van der Waals surface area contributed by atoms with Gasteiger partial charge >= 0.3 is 6.18 Å². The highest BCUT2D eigenvalue weighted by molar-refractivity contribution is 7.93. The van der Waals surface area contributed by atoms with Crippen molar-refractivity contribution >= 4 is 11.2 Å². The van der Waals surface area contributed by atoms with Crippen LogP contribution in [0.15, 0.2) is 24.3 Å². The van der Waals surface area contributed by atoms with Crippen LogP contribution in [0.3, 0.4) is 0 Å². The molecule has 1 aromatic carbocycles. The number of halogens is 3. The number of hydrogen-bond donors (Lipinski definition) is 0. The first-order chi connectivity index (χ1) is 6.98. The Labute approximate surface area is 88.5 Å². The molecule has 0 N–H and O–H groups in total. The van der Waals surface area contributed by atoms with Crippen molar-refractivity contribution in [2.75, 3.05) is 5.75 Å².